The van der Waals surface area contributed by atoms with Crippen LogP contribution in [0, 0.1) is 0 Å². The van der Waals surface area contributed by atoms with E-state index in [0.717, 1.165) is 18.7 Å². The fourth-order valence-electron chi connectivity index (χ4n) is 2.83. The molecule has 1 saturated carbocycles. The van der Waals surface area contributed by atoms with E-state index >= 15 is 0 Å². The van der Waals surface area contributed by atoms with Crippen molar-refractivity contribution in [2.75, 3.05) is 27.7 Å². The molecule has 0 radical (unpaired) electrons. The molecule has 0 saturated heterocycles. The van der Waals surface area contributed by atoms with Crippen molar-refractivity contribution in [3.05, 3.63) is 29.8 Å². The fourth-order valence-corrected chi connectivity index (χ4v) is 2.83. The summed E-state index contributed by atoms with van der Waals surface area (Å²) in [6.07, 6.45) is 3.90. The van der Waals surface area contributed by atoms with Crippen molar-refractivity contribution in [2.45, 2.75) is 31.3 Å². The van der Waals surface area contributed by atoms with Crippen LogP contribution >= 0.6 is 0 Å². The van der Waals surface area contributed by atoms with E-state index < -0.39 is 0 Å². The molecule has 0 bridgehead atoms. The van der Waals surface area contributed by atoms with Gasteiger partial charge in [-0.1, -0.05) is 18.2 Å². The molecular formula is C15H24N2O. The maximum atomic E-state index is 9.80. The van der Waals surface area contributed by atoms with E-state index in [4.69, 9.17) is 0 Å². The number of benzene rings is 1. The third kappa shape index (κ3) is 2.68. The molecule has 0 atom stereocenters. The van der Waals surface area contributed by atoms with Crippen LogP contribution in [0.1, 0.15) is 24.8 Å². The summed E-state index contributed by atoms with van der Waals surface area (Å²) >= 11 is 0. The normalized spacial score (nSPS) is 18.1. The number of phenolic OH excluding ortho intramolecular Hbond substituents is 1. The maximum Gasteiger partial charge on any atom is 0.120 e. The highest BCUT2D eigenvalue weighted by Crippen LogP contribution is 2.37. The van der Waals surface area contributed by atoms with Gasteiger partial charge in [0.2, 0.25) is 0 Å². The summed E-state index contributed by atoms with van der Waals surface area (Å²) in [5.41, 5.74) is 1.35. The van der Waals surface area contributed by atoms with Gasteiger partial charge in [0.15, 0.2) is 0 Å². The monoisotopic (exact) mass is 248 g/mol. The molecule has 1 aromatic rings. The molecule has 1 aliphatic rings. The van der Waals surface area contributed by atoms with Crippen molar-refractivity contribution in [1.82, 2.24) is 9.80 Å². The largest absolute Gasteiger partial charge is 0.508 e. The highest BCUT2D eigenvalue weighted by molar-refractivity contribution is 5.31. The second kappa shape index (κ2) is 5.29. The predicted molar refractivity (Wildman–Crippen MR) is 74.7 cm³/mol. The fraction of sp³-hybridized carbons (Fsp3) is 0.600. The molecule has 0 heterocycles. The summed E-state index contributed by atoms with van der Waals surface area (Å²) < 4.78 is 0. The van der Waals surface area contributed by atoms with Crippen molar-refractivity contribution < 1.29 is 5.11 Å². The van der Waals surface area contributed by atoms with Gasteiger partial charge in [-0.25, -0.2) is 0 Å². The molecule has 0 spiro atoms. The first-order valence-electron chi connectivity index (χ1n) is 6.66. The smallest absolute Gasteiger partial charge is 0.120 e. The van der Waals surface area contributed by atoms with E-state index in [2.05, 4.69) is 30.9 Å². The number of phenols is 1. The van der Waals surface area contributed by atoms with Gasteiger partial charge in [-0.2, -0.15) is 0 Å². The summed E-state index contributed by atoms with van der Waals surface area (Å²) in [6, 6.07) is 7.60. The molecule has 1 aliphatic carbocycles. The number of aromatic hydroxyl groups is 1. The lowest BCUT2D eigenvalue weighted by atomic mass is 9.75. The number of likely N-dealkylation sites (N-methyl/N-ethyl adjacent to an activating group) is 2. The average molecular weight is 248 g/mol. The van der Waals surface area contributed by atoms with Crippen molar-refractivity contribution in [1.29, 1.82) is 0 Å². The van der Waals surface area contributed by atoms with Gasteiger partial charge in [0, 0.05) is 24.2 Å². The van der Waals surface area contributed by atoms with E-state index in [0.29, 0.717) is 11.3 Å². The van der Waals surface area contributed by atoms with Gasteiger partial charge in [-0.3, -0.25) is 0 Å². The van der Waals surface area contributed by atoms with Crippen molar-refractivity contribution >= 4 is 0 Å². The van der Waals surface area contributed by atoms with Gasteiger partial charge in [0.1, 0.15) is 5.75 Å². The van der Waals surface area contributed by atoms with Gasteiger partial charge in [0.25, 0.3) is 0 Å². The quantitative estimate of drug-likeness (QED) is 0.866. The van der Waals surface area contributed by atoms with Crippen LogP contribution in [0.5, 0.6) is 5.75 Å². The van der Waals surface area contributed by atoms with Gasteiger partial charge < -0.3 is 14.9 Å². The average Bonchev–Trinajstić information content (AvgIpc) is 2.26. The van der Waals surface area contributed by atoms with Crippen molar-refractivity contribution in [3.63, 3.8) is 0 Å². The lowest BCUT2D eigenvalue weighted by Crippen LogP contribution is -2.56. The van der Waals surface area contributed by atoms with Crippen molar-refractivity contribution in [2.24, 2.45) is 0 Å². The van der Waals surface area contributed by atoms with Gasteiger partial charge in [-0.15, -0.1) is 0 Å². The van der Waals surface area contributed by atoms with Crippen LogP contribution < -0.4 is 0 Å². The van der Waals surface area contributed by atoms with Gasteiger partial charge in [0.05, 0.1) is 0 Å². The number of hydrogen-bond acceptors (Lipinski definition) is 3. The van der Waals surface area contributed by atoms with E-state index in [1.807, 2.05) is 18.2 Å². The minimum Gasteiger partial charge on any atom is -0.508 e. The van der Waals surface area contributed by atoms with Crippen LogP contribution in [0.2, 0.25) is 0 Å². The summed E-state index contributed by atoms with van der Waals surface area (Å²) in [5, 5.41) is 9.80. The second-order valence-corrected chi connectivity index (χ2v) is 5.77. The lowest BCUT2D eigenvalue weighted by molar-refractivity contribution is 0.0257. The van der Waals surface area contributed by atoms with Crippen LogP contribution in [0.3, 0.4) is 0 Å². The minimum atomic E-state index is 0.346. The Morgan fingerprint density at radius 3 is 2.33 bits per heavy atom. The number of nitrogens with zero attached hydrogens (tertiary/aromatic N) is 2. The third-order valence-electron chi connectivity index (χ3n) is 4.23. The van der Waals surface area contributed by atoms with Gasteiger partial charge in [-0.05, 0) is 46.5 Å². The second-order valence-electron chi connectivity index (χ2n) is 5.77. The molecular weight excluding hydrogens is 224 g/mol. The highest BCUT2D eigenvalue weighted by Gasteiger charge is 2.39. The maximum absolute atomic E-state index is 9.80. The molecule has 0 amide bonds. The van der Waals surface area contributed by atoms with E-state index in [1.54, 1.807) is 6.07 Å². The van der Waals surface area contributed by atoms with Crippen LogP contribution in [0.25, 0.3) is 0 Å². The SMILES string of the molecule is CN(Cc1ccccc1O)CC1(N(C)C)CCC1. The first-order chi connectivity index (χ1) is 8.53. The number of rotatable bonds is 5. The molecule has 1 aromatic carbocycles. The molecule has 18 heavy (non-hydrogen) atoms. The highest BCUT2D eigenvalue weighted by atomic mass is 16.3. The molecule has 0 unspecified atom stereocenters. The zero-order chi connectivity index (χ0) is 13.2. The third-order valence-corrected chi connectivity index (χ3v) is 4.23. The molecule has 0 aliphatic heterocycles. The molecule has 3 heteroatoms. The Morgan fingerprint density at radius 2 is 1.83 bits per heavy atom. The Labute approximate surface area is 110 Å². The zero-order valence-corrected chi connectivity index (χ0v) is 11.7. The minimum absolute atomic E-state index is 0.346. The molecule has 1 N–H and O–H groups in total. The first kappa shape index (κ1) is 13.4. The Balaban J connectivity index is 1.97. The van der Waals surface area contributed by atoms with Crippen LogP contribution in [0.4, 0.5) is 0 Å². The van der Waals surface area contributed by atoms with Crippen LogP contribution in [0.15, 0.2) is 24.3 Å². The van der Waals surface area contributed by atoms with Crippen LogP contribution in [-0.2, 0) is 6.54 Å². The summed E-state index contributed by atoms with van der Waals surface area (Å²) in [7, 11) is 6.48. The van der Waals surface area contributed by atoms with E-state index in [-0.39, 0.29) is 0 Å². The standard InChI is InChI=1S/C15H24N2O/c1-16(2)15(9-6-10-15)12-17(3)11-13-7-4-5-8-14(13)18/h4-5,7-8,18H,6,9-12H2,1-3H3. The van der Waals surface area contributed by atoms with E-state index in [9.17, 15) is 5.11 Å². The molecule has 2 rings (SSSR count). The Hall–Kier alpha value is -1.06. The molecule has 0 aromatic heterocycles. The summed E-state index contributed by atoms with van der Waals surface area (Å²) in [6.45, 7) is 1.87. The predicted octanol–water partition coefficient (Wildman–Crippen LogP) is 2.31. The summed E-state index contributed by atoms with van der Waals surface area (Å²) in [4.78, 5) is 4.67. The molecule has 1 fully saturated rings. The topological polar surface area (TPSA) is 26.7 Å². The summed E-state index contributed by atoms with van der Waals surface area (Å²) in [5.74, 6) is 0.400. The van der Waals surface area contributed by atoms with Crippen molar-refractivity contribution in [3.8, 4) is 5.75 Å². The Bertz CT molecular complexity index is 399. The Morgan fingerprint density at radius 1 is 1.17 bits per heavy atom. The Kier molecular flexibility index (Phi) is 3.93. The first-order valence-corrected chi connectivity index (χ1v) is 6.66. The molecule has 100 valence electrons. The zero-order valence-electron chi connectivity index (χ0n) is 11.7. The number of hydrogen-bond donors (Lipinski definition) is 1. The van der Waals surface area contributed by atoms with Gasteiger partial charge >= 0.3 is 0 Å². The molecule has 3 nitrogen and oxygen atoms in total. The lowest BCUT2D eigenvalue weighted by Gasteiger charge is -2.49. The van der Waals surface area contributed by atoms with E-state index in [1.165, 1.54) is 19.3 Å². The number of para-hydroxylation sites is 1. The van der Waals surface area contributed by atoms with Crippen LogP contribution in [-0.4, -0.2) is 48.1 Å².